The lowest BCUT2D eigenvalue weighted by atomic mass is 9.89. The van der Waals surface area contributed by atoms with E-state index in [2.05, 4.69) is 5.32 Å². The minimum Gasteiger partial charge on any atom is -0.481 e. The van der Waals surface area contributed by atoms with Crippen LogP contribution in [0.4, 0.5) is 14.5 Å². The molecule has 6 nitrogen and oxygen atoms in total. The van der Waals surface area contributed by atoms with Crippen LogP contribution in [0.3, 0.4) is 0 Å². The summed E-state index contributed by atoms with van der Waals surface area (Å²) in [4.78, 5) is 37.4. The highest BCUT2D eigenvalue weighted by atomic mass is 19.2. The van der Waals surface area contributed by atoms with Gasteiger partial charge in [0.05, 0.1) is 12.3 Å². The van der Waals surface area contributed by atoms with Crippen molar-refractivity contribution >= 4 is 23.5 Å². The molecule has 0 bridgehead atoms. The summed E-state index contributed by atoms with van der Waals surface area (Å²) in [5, 5.41) is 11.7. The maximum atomic E-state index is 13.5. The van der Waals surface area contributed by atoms with Gasteiger partial charge >= 0.3 is 5.97 Å². The van der Waals surface area contributed by atoms with Gasteiger partial charge in [0.2, 0.25) is 11.8 Å². The van der Waals surface area contributed by atoms with E-state index < -0.39 is 29.4 Å². The summed E-state index contributed by atoms with van der Waals surface area (Å²) in [6, 6.07) is 10.1. The first-order valence-corrected chi connectivity index (χ1v) is 8.68. The number of nitrogens with one attached hydrogen (secondary N) is 1. The fourth-order valence-corrected chi connectivity index (χ4v) is 3.21. The Bertz CT molecular complexity index is 932. The number of anilines is 1. The molecule has 146 valence electrons. The van der Waals surface area contributed by atoms with Crippen molar-refractivity contribution in [2.24, 2.45) is 0 Å². The first-order valence-electron chi connectivity index (χ1n) is 8.68. The Labute approximate surface area is 159 Å². The largest absolute Gasteiger partial charge is 0.481 e. The number of hydrogen-bond acceptors (Lipinski definition) is 3. The zero-order chi connectivity index (χ0) is 20.3. The molecular weight excluding hydrogens is 370 g/mol. The van der Waals surface area contributed by atoms with Crippen LogP contribution in [0, 0.1) is 11.6 Å². The van der Waals surface area contributed by atoms with Gasteiger partial charge in [0.25, 0.3) is 0 Å². The molecule has 0 aliphatic carbocycles. The molecule has 0 aromatic heterocycles. The van der Waals surface area contributed by atoms with Crippen molar-refractivity contribution in [3.63, 3.8) is 0 Å². The Morgan fingerprint density at radius 2 is 1.89 bits per heavy atom. The van der Waals surface area contributed by atoms with Crippen LogP contribution in [0.2, 0.25) is 0 Å². The number of benzene rings is 2. The molecule has 1 aliphatic rings. The normalized spacial score (nSPS) is 15.5. The lowest BCUT2D eigenvalue weighted by molar-refractivity contribution is -0.140. The average Bonchev–Trinajstić information content (AvgIpc) is 2.66. The molecule has 0 fully saturated rings. The Morgan fingerprint density at radius 3 is 2.61 bits per heavy atom. The number of carboxylic acids is 1. The van der Waals surface area contributed by atoms with E-state index in [4.69, 9.17) is 5.11 Å². The van der Waals surface area contributed by atoms with E-state index in [0.717, 1.165) is 12.1 Å². The molecule has 2 N–H and O–H groups in total. The third-order valence-corrected chi connectivity index (χ3v) is 4.56. The molecule has 28 heavy (non-hydrogen) atoms. The smallest absolute Gasteiger partial charge is 0.305 e. The number of aliphatic carboxylic acids is 1. The van der Waals surface area contributed by atoms with Crippen molar-refractivity contribution in [3.8, 4) is 0 Å². The Balaban J connectivity index is 1.89. The van der Waals surface area contributed by atoms with Crippen molar-refractivity contribution in [1.29, 1.82) is 0 Å². The number of hydrogen-bond donors (Lipinski definition) is 2. The molecule has 3 rings (SSSR count). The standard InChI is InChI=1S/C20H18F2N2O4/c21-15-6-5-12(9-16(15)22)11-24(8-7-19(26)27)20(28)14-10-18(25)23-17-4-2-1-3-13(14)17/h1-6,9,14H,7-8,10-11H2,(H,23,25)(H,26,27). The Kier molecular flexibility index (Phi) is 5.67. The van der Waals surface area contributed by atoms with Crippen LogP contribution >= 0.6 is 0 Å². The van der Waals surface area contributed by atoms with E-state index in [1.54, 1.807) is 24.3 Å². The van der Waals surface area contributed by atoms with Gasteiger partial charge in [0.1, 0.15) is 0 Å². The molecule has 1 heterocycles. The van der Waals surface area contributed by atoms with Crippen LogP contribution < -0.4 is 5.32 Å². The summed E-state index contributed by atoms with van der Waals surface area (Å²) >= 11 is 0. The first-order chi connectivity index (χ1) is 13.3. The average molecular weight is 388 g/mol. The highest BCUT2D eigenvalue weighted by Crippen LogP contribution is 2.33. The molecule has 8 heteroatoms. The van der Waals surface area contributed by atoms with Gasteiger partial charge in [-0.25, -0.2) is 8.78 Å². The van der Waals surface area contributed by atoms with E-state index in [0.29, 0.717) is 16.8 Å². The molecule has 0 saturated heterocycles. The van der Waals surface area contributed by atoms with E-state index in [1.165, 1.54) is 11.0 Å². The van der Waals surface area contributed by atoms with Gasteiger partial charge in [-0.15, -0.1) is 0 Å². The maximum Gasteiger partial charge on any atom is 0.305 e. The van der Waals surface area contributed by atoms with Crippen molar-refractivity contribution in [2.45, 2.75) is 25.3 Å². The van der Waals surface area contributed by atoms with Crippen molar-refractivity contribution in [2.75, 3.05) is 11.9 Å². The number of nitrogens with zero attached hydrogens (tertiary/aromatic N) is 1. The molecule has 2 amide bonds. The monoisotopic (exact) mass is 388 g/mol. The fraction of sp³-hybridized carbons (Fsp3) is 0.250. The van der Waals surface area contributed by atoms with E-state index in [-0.39, 0.29) is 31.8 Å². The number of carboxylic acid groups (broad SMARTS) is 1. The highest BCUT2D eigenvalue weighted by Gasteiger charge is 2.33. The number of halogens is 2. The predicted molar refractivity (Wildman–Crippen MR) is 96.5 cm³/mol. The maximum absolute atomic E-state index is 13.5. The molecule has 1 unspecified atom stereocenters. The van der Waals surface area contributed by atoms with Gasteiger partial charge < -0.3 is 15.3 Å². The van der Waals surface area contributed by atoms with Gasteiger partial charge in [-0.1, -0.05) is 24.3 Å². The number of amides is 2. The highest BCUT2D eigenvalue weighted by molar-refractivity contribution is 6.01. The third-order valence-electron chi connectivity index (χ3n) is 4.56. The number of rotatable bonds is 6. The zero-order valence-electron chi connectivity index (χ0n) is 14.8. The predicted octanol–water partition coefficient (Wildman–Crippen LogP) is 2.89. The number of para-hydroxylation sites is 1. The second kappa shape index (κ2) is 8.16. The topological polar surface area (TPSA) is 86.7 Å². The van der Waals surface area contributed by atoms with Crippen LogP contribution in [0.25, 0.3) is 0 Å². The van der Waals surface area contributed by atoms with Crippen LogP contribution in [0.5, 0.6) is 0 Å². The van der Waals surface area contributed by atoms with Crippen molar-refractivity contribution in [3.05, 3.63) is 65.2 Å². The zero-order valence-corrected chi connectivity index (χ0v) is 14.8. The molecule has 0 saturated carbocycles. The quantitative estimate of drug-likeness (QED) is 0.797. The van der Waals surface area contributed by atoms with Crippen LogP contribution in [-0.2, 0) is 20.9 Å². The second-order valence-corrected chi connectivity index (χ2v) is 6.54. The second-order valence-electron chi connectivity index (χ2n) is 6.54. The first kappa shape index (κ1) is 19.5. The molecule has 0 radical (unpaired) electrons. The number of carbonyl (C=O) groups is 3. The lowest BCUT2D eigenvalue weighted by Gasteiger charge is -2.30. The summed E-state index contributed by atoms with van der Waals surface area (Å²) in [6.07, 6.45) is -0.382. The third kappa shape index (κ3) is 4.33. The molecule has 0 spiro atoms. The molecule has 2 aromatic rings. The summed E-state index contributed by atoms with van der Waals surface area (Å²) in [5.74, 6) is -4.68. The minimum absolute atomic E-state index is 0.0722. The fourth-order valence-electron chi connectivity index (χ4n) is 3.21. The summed E-state index contributed by atoms with van der Waals surface area (Å²) < 4.78 is 26.7. The van der Waals surface area contributed by atoms with Gasteiger partial charge in [0.15, 0.2) is 11.6 Å². The molecule has 1 atom stereocenters. The van der Waals surface area contributed by atoms with Gasteiger partial charge in [-0.2, -0.15) is 0 Å². The summed E-state index contributed by atoms with van der Waals surface area (Å²) in [7, 11) is 0. The summed E-state index contributed by atoms with van der Waals surface area (Å²) in [6.45, 7) is -0.211. The summed E-state index contributed by atoms with van der Waals surface area (Å²) in [5.41, 5.74) is 1.49. The van der Waals surface area contributed by atoms with E-state index >= 15 is 0 Å². The SMILES string of the molecule is O=C(O)CCN(Cc1ccc(F)c(F)c1)C(=O)C1CC(=O)Nc2ccccc21. The number of fused-ring (bicyclic) bond motifs is 1. The van der Waals surface area contributed by atoms with E-state index in [1.807, 2.05) is 0 Å². The van der Waals surface area contributed by atoms with Crippen LogP contribution in [0.15, 0.2) is 42.5 Å². The molecule has 2 aromatic carbocycles. The minimum atomic E-state index is -1.09. The van der Waals surface area contributed by atoms with Crippen LogP contribution in [-0.4, -0.2) is 34.3 Å². The lowest BCUT2D eigenvalue weighted by Crippen LogP contribution is -2.39. The molecule has 1 aliphatic heterocycles. The van der Waals surface area contributed by atoms with Crippen molar-refractivity contribution in [1.82, 2.24) is 4.90 Å². The molecular formula is C20H18F2N2O4. The Hall–Kier alpha value is -3.29. The van der Waals surface area contributed by atoms with Crippen molar-refractivity contribution < 1.29 is 28.3 Å². The Morgan fingerprint density at radius 1 is 1.14 bits per heavy atom. The van der Waals surface area contributed by atoms with Crippen LogP contribution in [0.1, 0.15) is 29.9 Å². The van der Waals surface area contributed by atoms with Gasteiger partial charge in [-0.3, -0.25) is 14.4 Å². The van der Waals surface area contributed by atoms with E-state index in [9.17, 15) is 23.2 Å². The number of carbonyl (C=O) groups excluding carboxylic acids is 2. The van der Waals surface area contributed by atoms with Gasteiger partial charge in [-0.05, 0) is 29.3 Å². The van der Waals surface area contributed by atoms with Gasteiger partial charge in [0, 0.05) is 25.2 Å².